The number of esters is 1. The van der Waals surface area contributed by atoms with E-state index in [1.807, 2.05) is 29.8 Å². The molecule has 0 amide bonds. The molecule has 25 heavy (non-hydrogen) atoms. The summed E-state index contributed by atoms with van der Waals surface area (Å²) in [6.45, 7) is 6.36. The van der Waals surface area contributed by atoms with Crippen LogP contribution in [0.5, 0.6) is 0 Å². The van der Waals surface area contributed by atoms with Crippen molar-refractivity contribution in [2.75, 3.05) is 0 Å². The first kappa shape index (κ1) is 20.1. The van der Waals surface area contributed by atoms with E-state index in [-0.39, 0.29) is 6.10 Å². The van der Waals surface area contributed by atoms with Crippen molar-refractivity contribution < 1.29 is 14.6 Å². The van der Waals surface area contributed by atoms with Crippen LogP contribution < -0.4 is 0 Å². The van der Waals surface area contributed by atoms with Crippen molar-refractivity contribution in [3.05, 3.63) is 44.8 Å². The van der Waals surface area contributed by atoms with Crippen LogP contribution >= 0.6 is 22.7 Å². The van der Waals surface area contributed by atoms with Crippen LogP contribution in [0.2, 0.25) is 0 Å². The average Bonchev–Trinajstić information content (AvgIpc) is 3.32. The van der Waals surface area contributed by atoms with Gasteiger partial charge in [0.25, 0.3) is 0 Å². The lowest BCUT2D eigenvalue weighted by Gasteiger charge is -2.30. The summed E-state index contributed by atoms with van der Waals surface area (Å²) in [5.74, 6) is -0.207. The summed E-state index contributed by atoms with van der Waals surface area (Å²) in [4.78, 5) is 14.3. The molecule has 0 saturated carbocycles. The number of rotatable bonds is 10. The molecule has 1 atom stereocenters. The topological polar surface area (TPSA) is 46.5 Å². The molecule has 0 aliphatic rings. The summed E-state index contributed by atoms with van der Waals surface area (Å²) < 4.78 is 5.90. The molecule has 0 aromatic carbocycles. The highest BCUT2D eigenvalue weighted by Gasteiger charge is 2.45. The highest BCUT2D eigenvalue weighted by molar-refractivity contribution is 7.12. The van der Waals surface area contributed by atoms with E-state index >= 15 is 0 Å². The summed E-state index contributed by atoms with van der Waals surface area (Å²) in [7, 11) is 0. The van der Waals surface area contributed by atoms with Gasteiger partial charge in [-0.15, -0.1) is 22.7 Å². The van der Waals surface area contributed by atoms with E-state index < -0.39 is 11.6 Å². The first-order valence-electron chi connectivity index (χ1n) is 9.09. The lowest BCUT2D eigenvalue weighted by Crippen LogP contribution is -2.40. The summed E-state index contributed by atoms with van der Waals surface area (Å²) in [6.07, 6.45) is 4.82. The third-order valence-corrected chi connectivity index (χ3v) is 6.51. The van der Waals surface area contributed by atoms with Crippen molar-refractivity contribution in [1.29, 1.82) is 0 Å². The highest BCUT2D eigenvalue weighted by Crippen LogP contribution is 2.38. The van der Waals surface area contributed by atoms with E-state index in [0.29, 0.717) is 15.7 Å². The van der Waals surface area contributed by atoms with Crippen LogP contribution in [0.4, 0.5) is 0 Å². The minimum absolute atomic E-state index is 0.154. The largest absolute Gasteiger partial charge is 0.459 e. The van der Waals surface area contributed by atoms with Gasteiger partial charge in [0, 0.05) is 0 Å². The fraction of sp³-hybridized carbons (Fsp3) is 0.550. The summed E-state index contributed by atoms with van der Waals surface area (Å²) in [6, 6.07) is 7.28. The number of ether oxygens (including phenoxy) is 1. The van der Waals surface area contributed by atoms with E-state index in [4.69, 9.17) is 4.74 Å². The average molecular weight is 381 g/mol. The van der Waals surface area contributed by atoms with Crippen LogP contribution in [-0.4, -0.2) is 17.2 Å². The van der Waals surface area contributed by atoms with E-state index in [1.54, 1.807) is 12.1 Å². The summed E-state index contributed by atoms with van der Waals surface area (Å²) in [5.41, 5.74) is -1.71. The minimum atomic E-state index is -1.71. The number of carbonyl (C=O) groups is 1. The molecule has 2 aromatic heterocycles. The van der Waals surface area contributed by atoms with Gasteiger partial charge in [-0.3, -0.25) is 0 Å². The standard InChI is InChI=1S/C20H28O3S2/c1-4-9-15(10-5-2)16(6-3)23-19(21)20(22,17-11-7-13-24-17)18-12-8-14-25-18/h7-8,11-16,22H,4-6,9-10H2,1-3H3. The predicted molar refractivity (Wildman–Crippen MR) is 105 cm³/mol. The third-order valence-electron chi connectivity index (χ3n) is 4.56. The van der Waals surface area contributed by atoms with E-state index in [2.05, 4.69) is 13.8 Å². The van der Waals surface area contributed by atoms with Crippen molar-refractivity contribution >= 4 is 28.6 Å². The SMILES string of the molecule is CCCC(CCC)C(CC)OC(=O)C(O)(c1cccs1)c1cccs1. The molecule has 2 aromatic rings. The van der Waals surface area contributed by atoms with Gasteiger partial charge in [-0.25, -0.2) is 4.79 Å². The second-order valence-corrected chi connectivity index (χ2v) is 8.25. The second kappa shape index (κ2) is 9.51. The van der Waals surface area contributed by atoms with Crippen molar-refractivity contribution in [1.82, 2.24) is 0 Å². The Balaban J connectivity index is 2.27. The van der Waals surface area contributed by atoms with Crippen LogP contribution in [0.15, 0.2) is 35.0 Å². The number of aliphatic hydroxyl groups is 1. The van der Waals surface area contributed by atoms with Gasteiger partial charge in [-0.05, 0) is 48.1 Å². The monoisotopic (exact) mass is 380 g/mol. The molecule has 1 N–H and O–H groups in total. The Bertz CT molecular complexity index is 579. The highest BCUT2D eigenvalue weighted by atomic mass is 32.1. The fourth-order valence-corrected chi connectivity index (χ4v) is 5.00. The van der Waals surface area contributed by atoms with Crippen molar-refractivity contribution in [3.63, 3.8) is 0 Å². The molecule has 138 valence electrons. The lowest BCUT2D eigenvalue weighted by molar-refractivity contribution is -0.170. The maximum absolute atomic E-state index is 13.1. The molecular weight excluding hydrogens is 352 g/mol. The maximum atomic E-state index is 13.1. The van der Waals surface area contributed by atoms with Gasteiger partial charge < -0.3 is 9.84 Å². The zero-order valence-corrected chi connectivity index (χ0v) is 16.9. The van der Waals surface area contributed by atoms with Crippen LogP contribution in [0.1, 0.15) is 62.6 Å². The zero-order chi connectivity index (χ0) is 18.3. The summed E-state index contributed by atoms with van der Waals surface area (Å²) in [5, 5.41) is 15.1. The van der Waals surface area contributed by atoms with Gasteiger partial charge in [-0.1, -0.05) is 45.7 Å². The van der Waals surface area contributed by atoms with E-state index in [0.717, 1.165) is 32.1 Å². The van der Waals surface area contributed by atoms with Crippen LogP contribution in [0, 0.1) is 5.92 Å². The summed E-state index contributed by atoms with van der Waals surface area (Å²) >= 11 is 2.75. The van der Waals surface area contributed by atoms with Crippen LogP contribution in [0.3, 0.4) is 0 Å². The Morgan fingerprint density at radius 2 is 1.60 bits per heavy atom. The number of hydrogen-bond acceptors (Lipinski definition) is 5. The normalized spacial score (nSPS) is 13.2. The van der Waals surface area contributed by atoms with Gasteiger partial charge in [-0.2, -0.15) is 0 Å². The molecular formula is C20H28O3S2. The molecule has 0 bridgehead atoms. The van der Waals surface area contributed by atoms with Crippen molar-refractivity contribution in [3.8, 4) is 0 Å². The zero-order valence-electron chi connectivity index (χ0n) is 15.2. The van der Waals surface area contributed by atoms with Crippen LogP contribution in [0.25, 0.3) is 0 Å². The molecule has 0 spiro atoms. The Kier molecular flexibility index (Phi) is 7.66. The Morgan fingerprint density at radius 1 is 1.08 bits per heavy atom. The molecule has 0 aliphatic heterocycles. The third kappa shape index (κ3) is 4.52. The second-order valence-electron chi connectivity index (χ2n) is 6.35. The van der Waals surface area contributed by atoms with E-state index in [9.17, 15) is 9.90 Å². The van der Waals surface area contributed by atoms with Gasteiger partial charge in [0.1, 0.15) is 6.10 Å². The van der Waals surface area contributed by atoms with Gasteiger partial charge >= 0.3 is 5.97 Å². The number of carbonyl (C=O) groups excluding carboxylic acids is 1. The molecule has 1 unspecified atom stereocenters. The van der Waals surface area contributed by atoms with Crippen molar-refractivity contribution in [2.24, 2.45) is 5.92 Å². The molecule has 2 heterocycles. The maximum Gasteiger partial charge on any atom is 0.349 e. The molecule has 3 nitrogen and oxygen atoms in total. The number of thiophene rings is 2. The molecule has 0 radical (unpaired) electrons. The van der Waals surface area contributed by atoms with Gasteiger partial charge in [0.2, 0.25) is 5.60 Å². The first-order valence-corrected chi connectivity index (χ1v) is 10.8. The molecule has 2 rings (SSSR count). The van der Waals surface area contributed by atoms with E-state index in [1.165, 1.54) is 22.7 Å². The van der Waals surface area contributed by atoms with Gasteiger partial charge in [0.15, 0.2) is 0 Å². The minimum Gasteiger partial charge on any atom is -0.459 e. The molecule has 5 heteroatoms. The van der Waals surface area contributed by atoms with Gasteiger partial charge in [0.05, 0.1) is 9.75 Å². The fourth-order valence-electron chi connectivity index (χ4n) is 3.28. The van der Waals surface area contributed by atoms with Crippen molar-refractivity contribution in [2.45, 2.75) is 64.6 Å². The molecule has 0 fully saturated rings. The smallest absolute Gasteiger partial charge is 0.349 e. The Morgan fingerprint density at radius 3 is 1.96 bits per heavy atom. The quantitative estimate of drug-likeness (QED) is 0.547. The predicted octanol–water partition coefficient (Wildman–Crippen LogP) is 5.58. The molecule has 0 aliphatic carbocycles. The molecule has 0 saturated heterocycles. The Hall–Kier alpha value is -1.17. The first-order chi connectivity index (χ1) is 12.1. The number of hydrogen-bond donors (Lipinski definition) is 1. The van der Waals surface area contributed by atoms with Crippen LogP contribution in [-0.2, 0) is 15.1 Å². The Labute approximate surface area is 158 Å². The lowest BCUT2D eigenvalue weighted by atomic mass is 9.90.